The van der Waals surface area contributed by atoms with E-state index in [2.05, 4.69) is 0 Å². The molecule has 0 aromatic heterocycles. The highest BCUT2D eigenvalue weighted by molar-refractivity contribution is 7.80. The summed E-state index contributed by atoms with van der Waals surface area (Å²) in [5.41, 5.74) is 1.64. The van der Waals surface area contributed by atoms with Crippen LogP contribution in [0.2, 0.25) is 5.02 Å². The molecule has 1 aliphatic heterocycles. The summed E-state index contributed by atoms with van der Waals surface area (Å²) in [5.74, 6) is 0.202. The van der Waals surface area contributed by atoms with Crippen LogP contribution in [0.4, 0.5) is 0 Å². The zero-order valence-electron chi connectivity index (χ0n) is 16.8. The van der Waals surface area contributed by atoms with Crippen molar-refractivity contribution in [2.75, 3.05) is 20.7 Å². The maximum Gasteiger partial charge on any atom is 0.265 e. The van der Waals surface area contributed by atoms with Gasteiger partial charge < -0.3 is 9.47 Å². The summed E-state index contributed by atoms with van der Waals surface area (Å²) >= 11 is 11.0. The van der Waals surface area contributed by atoms with Gasteiger partial charge in [0.1, 0.15) is 12.2 Å². The van der Waals surface area contributed by atoms with E-state index in [1.54, 1.807) is 44.4 Å². The van der Waals surface area contributed by atoms with Crippen LogP contribution < -0.4 is 9.47 Å². The Morgan fingerprint density at radius 1 is 0.967 bits per heavy atom. The lowest BCUT2D eigenvalue weighted by Crippen LogP contribution is -2.52. The van der Waals surface area contributed by atoms with Crippen LogP contribution in [0.3, 0.4) is 0 Å². The molecule has 3 rings (SSSR count). The molecular formula is C22H21ClN2O4S. The van der Waals surface area contributed by atoms with Crippen LogP contribution in [0.5, 0.6) is 11.5 Å². The van der Waals surface area contributed by atoms with Gasteiger partial charge in [-0.2, -0.15) is 0 Å². The number of hydrogen-bond acceptors (Lipinski definition) is 5. The van der Waals surface area contributed by atoms with Gasteiger partial charge in [0.05, 0.1) is 6.61 Å². The normalized spacial score (nSPS) is 14.3. The number of amides is 2. The highest BCUT2D eigenvalue weighted by Crippen LogP contribution is 2.31. The molecule has 1 fully saturated rings. The number of rotatable bonds is 6. The van der Waals surface area contributed by atoms with Crippen molar-refractivity contribution in [2.45, 2.75) is 13.5 Å². The Morgan fingerprint density at radius 2 is 1.60 bits per heavy atom. The van der Waals surface area contributed by atoms with Crippen LogP contribution in [-0.4, -0.2) is 47.4 Å². The number of carbonyl (C=O) groups excluding carboxylic acids is 2. The summed E-state index contributed by atoms with van der Waals surface area (Å²) in [6.07, 6.45) is 1.53. The molecule has 1 heterocycles. The number of likely N-dealkylation sites (N-methyl/N-ethyl adjacent to an activating group) is 2. The fraction of sp³-hybridized carbons (Fsp3) is 0.227. The highest BCUT2D eigenvalue weighted by atomic mass is 35.5. The minimum Gasteiger partial charge on any atom is -0.490 e. The van der Waals surface area contributed by atoms with Crippen LogP contribution in [0, 0.1) is 0 Å². The van der Waals surface area contributed by atoms with E-state index in [1.165, 1.54) is 15.9 Å². The Labute approximate surface area is 185 Å². The van der Waals surface area contributed by atoms with E-state index in [0.29, 0.717) is 35.3 Å². The lowest BCUT2D eigenvalue weighted by molar-refractivity contribution is -0.132. The molecule has 6 nitrogen and oxygen atoms in total. The molecule has 8 heteroatoms. The van der Waals surface area contributed by atoms with E-state index in [0.717, 1.165) is 5.56 Å². The molecule has 0 N–H and O–H groups in total. The van der Waals surface area contributed by atoms with Gasteiger partial charge in [-0.15, -0.1) is 0 Å². The Bertz CT molecular complexity index is 994. The van der Waals surface area contributed by atoms with Crippen LogP contribution >= 0.6 is 23.8 Å². The van der Waals surface area contributed by atoms with E-state index in [1.807, 2.05) is 19.1 Å². The second-order valence-corrected chi connectivity index (χ2v) is 7.42. The minimum atomic E-state index is -0.441. The Balaban J connectivity index is 1.86. The number of halogens is 1. The first kappa shape index (κ1) is 21.8. The predicted octanol–water partition coefficient (Wildman–Crippen LogP) is 3.92. The first-order valence-corrected chi connectivity index (χ1v) is 10.1. The maximum absolute atomic E-state index is 12.5. The van der Waals surface area contributed by atoms with Gasteiger partial charge in [0, 0.05) is 19.1 Å². The lowest BCUT2D eigenvalue weighted by Gasteiger charge is -2.31. The van der Waals surface area contributed by atoms with Gasteiger partial charge in [0.15, 0.2) is 16.6 Å². The van der Waals surface area contributed by atoms with Crippen LogP contribution in [-0.2, 0) is 16.2 Å². The average molecular weight is 445 g/mol. The Kier molecular flexibility index (Phi) is 6.74. The number of thiocarbonyl (C=S) groups is 1. The molecule has 156 valence electrons. The van der Waals surface area contributed by atoms with E-state index in [9.17, 15) is 9.59 Å². The number of carbonyl (C=O) groups is 2. The zero-order valence-corrected chi connectivity index (χ0v) is 18.4. The molecule has 1 aliphatic rings. The minimum absolute atomic E-state index is 0.0332. The molecule has 1 saturated heterocycles. The molecule has 30 heavy (non-hydrogen) atoms. The molecule has 0 radical (unpaired) electrons. The van der Waals surface area contributed by atoms with Crippen LogP contribution in [0.25, 0.3) is 6.08 Å². The molecule has 0 atom stereocenters. The zero-order chi connectivity index (χ0) is 21.8. The van der Waals surface area contributed by atoms with Crippen molar-refractivity contribution in [1.29, 1.82) is 0 Å². The monoisotopic (exact) mass is 444 g/mol. The SMILES string of the molecule is CCOc1cc(C=C2C(=O)N(C)C(=S)N(C)C2=O)ccc1OCc1ccc(Cl)cc1. The standard InChI is InChI=1S/C22H21ClN2O4S/c1-4-28-19-12-15(11-17-20(26)24(2)22(30)25(3)21(17)27)7-10-18(19)29-13-14-5-8-16(23)9-6-14/h5-12H,4,13H2,1-3H3. The van der Waals surface area contributed by atoms with Crippen molar-refractivity contribution in [3.05, 3.63) is 64.2 Å². The first-order chi connectivity index (χ1) is 14.3. The average Bonchev–Trinajstić information content (AvgIpc) is 2.74. The summed E-state index contributed by atoms with van der Waals surface area (Å²) in [5, 5.41) is 0.832. The van der Waals surface area contributed by atoms with E-state index < -0.39 is 11.8 Å². The fourth-order valence-electron chi connectivity index (χ4n) is 2.89. The molecule has 0 saturated carbocycles. The van der Waals surface area contributed by atoms with Gasteiger partial charge >= 0.3 is 0 Å². The Morgan fingerprint density at radius 3 is 2.20 bits per heavy atom. The maximum atomic E-state index is 12.5. The van der Waals surface area contributed by atoms with Crippen LogP contribution in [0.15, 0.2) is 48.0 Å². The van der Waals surface area contributed by atoms with Crippen molar-refractivity contribution in [3.8, 4) is 11.5 Å². The third-order valence-corrected chi connectivity index (χ3v) is 5.33. The van der Waals surface area contributed by atoms with Gasteiger partial charge in [-0.05, 0) is 60.6 Å². The van der Waals surface area contributed by atoms with Crippen molar-refractivity contribution < 1.29 is 19.1 Å². The van der Waals surface area contributed by atoms with Gasteiger partial charge in [-0.3, -0.25) is 19.4 Å². The smallest absolute Gasteiger partial charge is 0.265 e. The molecule has 0 bridgehead atoms. The topological polar surface area (TPSA) is 59.1 Å². The highest BCUT2D eigenvalue weighted by Gasteiger charge is 2.35. The summed E-state index contributed by atoms with van der Waals surface area (Å²) < 4.78 is 11.6. The molecule has 0 aliphatic carbocycles. The quantitative estimate of drug-likeness (QED) is 0.384. The summed E-state index contributed by atoms with van der Waals surface area (Å²) in [4.78, 5) is 27.6. The third-order valence-electron chi connectivity index (χ3n) is 4.53. The van der Waals surface area contributed by atoms with Gasteiger partial charge in [0.2, 0.25) is 0 Å². The second-order valence-electron chi connectivity index (χ2n) is 6.62. The van der Waals surface area contributed by atoms with Gasteiger partial charge in [-0.25, -0.2) is 0 Å². The van der Waals surface area contributed by atoms with E-state index in [4.69, 9.17) is 33.3 Å². The largest absolute Gasteiger partial charge is 0.490 e. The second kappa shape index (κ2) is 9.28. The molecular weight excluding hydrogens is 424 g/mol. The molecule has 0 unspecified atom stereocenters. The van der Waals surface area contributed by atoms with E-state index in [-0.39, 0.29) is 10.7 Å². The van der Waals surface area contributed by atoms with Gasteiger partial charge in [0.25, 0.3) is 11.8 Å². The molecule has 2 aromatic rings. The third kappa shape index (κ3) is 4.63. The summed E-state index contributed by atoms with van der Waals surface area (Å²) in [7, 11) is 3.08. The molecule has 2 aromatic carbocycles. The van der Waals surface area contributed by atoms with Gasteiger partial charge in [-0.1, -0.05) is 29.8 Å². The van der Waals surface area contributed by atoms with Crippen LogP contribution in [0.1, 0.15) is 18.1 Å². The summed E-state index contributed by atoms with van der Waals surface area (Å²) in [6.45, 7) is 2.66. The van der Waals surface area contributed by atoms with Crippen molar-refractivity contribution in [1.82, 2.24) is 9.80 Å². The number of benzene rings is 2. The van der Waals surface area contributed by atoms with Crippen molar-refractivity contribution in [2.24, 2.45) is 0 Å². The number of hydrogen-bond donors (Lipinski definition) is 0. The lowest BCUT2D eigenvalue weighted by atomic mass is 10.1. The fourth-order valence-corrected chi connectivity index (χ4v) is 3.18. The summed E-state index contributed by atoms with van der Waals surface area (Å²) in [6, 6.07) is 12.6. The van der Waals surface area contributed by atoms with Crippen molar-refractivity contribution >= 4 is 46.8 Å². The predicted molar refractivity (Wildman–Crippen MR) is 120 cm³/mol. The molecule has 2 amide bonds. The van der Waals surface area contributed by atoms with E-state index >= 15 is 0 Å². The number of nitrogens with zero attached hydrogens (tertiary/aromatic N) is 2. The first-order valence-electron chi connectivity index (χ1n) is 9.27. The Hall–Kier alpha value is -2.90. The molecule has 0 spiro atoms. The number of ether oxygens (including phenoxy) is 2. The van der Waals surface area contributed by atoms with Crippen molar-refractivity contribution in [3.63, 3.8) is 0 Å².